The molecule has 0 fully saturated rings. The number of hydrogen-bond donors (Lipinski definition) is 0. The first-order valence-electron chi connectivity index (χ1n) is 26.1. The van der Waals surface area contributed by atoms with Crippen molar-refractivity contribution < 1.29 is 28.6 Å². The summed E-state index contributed by atoms with van der Waals surface area (Å²) in [7, 11) is 0. The number of unbranched alkanes of at least 4 members (excludes halogenated alkanes) is 21. The van der Waals surface area contributed by atoms with Gasteiger partial charge in [-0.3, -0.25) is 14.4 Å². The molecule has 0 aliphatic carbocycles. The first kappa shape index (κ1) is 59.6. The summed E-state index contributed by atoms with van der Waals surface area (Å²) in [6.07, 6.45) is 65.6. The third kappa shape index (κ3) is 49.5. The molecular formula is C57H96O6. The van der Waals surface area contributed by atoms with E-state index in [1.54, 1.807) is 0 Å². The lowest BCUT2D eigenvalue weighted by Gasteiger charge is -2.18. The summed E-state index contributed by atoms with van der Waals surface area (Å²) in [6, 6.07) is 0. The van der Waals surface area contributed by atoms with Crippen molar-refractivity contribution in [3.05, 3.63) is 85.1 Å². The van der Waals surface area contributed by atoms with Crippen LogP contribution in [0.15, 0.2) is 85.1 Å². The molecule has 0 saturated heterocycles. The maximum atomic E-state index is 12.8. The van der Waals surface area contributed by atoms with Crippen LogP contribution in [-0.2, 0) is 28.6 Å². The quantitative estimate of drug-likeness (QED) is 0.0262. The normalized spacial score (nSPS) is 12.7. The largest absolute Gasteiger partial charge is 0.462 e. The fraction of sp³-hybridized carbons (Fsp3) is 0.702. The Kier molecular flexibility index (Phi) is 48.5. The number of carbonyl (C=O) groups is 3. The molecule has 0 heterocycles. The van der Waals surface area contributed by atoms with Gasteiger partial charge in [0, 0.05) is 19.3 Å². The molecule has 0 aliphatic rings. The Morgan fingerprint density at radius 2 is 0.635 bits per heavy atom. The van der Waals surface area contributed by atoms with Gasteiger partial charge in [0.05, 0.1) is 0 Å². The molecule has 0 amide bonds. The van der Waals surface area contributed by atoms with Crippen LogP contribution in [0.25, 0.3) is 0 Å². The van der Waals surface area contributed by atoms with Crippen LogP contribution in [0.3, 0.4) is 0 Å². The van der Waals surface area contributed by atoms with Gasteiger partial charge in [0.1, 0.15) is 13.2 Å². The Morgan fingerprint density at radius 1 is 0.333 bits per heavy atom. The lowest BCUT2D eigenvalue weighted by atomic mass is 10.1. The minimum absolute atomic E-state index is 0.0937. The molecule has 0 bridgehead atoms. The highest BCUT2D eigenvalue weighted by Crippen LogP contribution is 2.14. The molecule has 6 nitrogen and oxygen atoms in total. The average Bonchev–Trinajstić information content (AvgIpc) is 3.28. The molecule has 0 spiro atoms. The Labute approximate surface area is 388 Å². The molecule has 0 aliphatic heterocycles. The summed E-state index contributed by atoms with van der Waals surface area (Å²) in [6.45, 7) is 6.43. The molecule has 0 N–H and O–H groups in total. The van der Waals surface area contributed by atoms with E-state index in [0.29, 0.717) is 19.3 Å². The summed E-state index contributed by atoms with van der Waals surface area (Å²) < 4.78 is 16.8. The van der Waals surface area contributed by atoms with Crippen LogP contribution in [0.4, 0.5) is 0 Å². The average molecular weight is 877 g/mol. The standard InChI is InChI=1S/C57H96O6/c1-4-7-10-13-16-19-22-24-26-27-28-29-31-32-35-38-41-44-47-50-56(59)62-53-54(52-61-55(58)49-46-43-40-37-34-21-18-15-12-9-6-3)63-57(60)51-48-45-42-39-36-33-30-25-23-20-17-14-11-8-5-2/h7,10,15-16,18-20,23-24,26,28-29,32,35,54H,4-6,8-9,11-14,17,21-22,25,27,30-31,33-34,36-53H2,1-3H3/b10-7-,18-15-,19-16-,23-20-,26-24-,29-28-,35-32-/t54-/m0/s1. The van der Waals surface area contributed by atoms with E-state index in [9.17, 15) is 14.4 Å². The summed E-state index contributed by atoms with van der Waals surface area (Å²) in [5.74, 6) is -0.942. The van der Waals surface area contributed by atoms with Gasteiger partial charge < -0.3 is 14.2 Å². The topological polar surface area (TPSA) is 78.9 Å². The predicted octanol–water partition coefficient (Wildman–Crippen LogP) is 17.2. The van der Waals surface area contributed by atoms with Crippen LogP contribution in [0.2, 0.25) is 0 Å². The number of ether oxygens (including phenoxy) is 3. The van der Waals surface area contributed by atoms with E-state index in [4.69, 9.17) is 14.2 Å². The Morgan fingerprint density at radius 3 is 1.05 bits per heavy atom. The van der Waals surface area contributed by atoms with Gasteiger partial charge in [-0.15, -0.1) is 0 Å². The fourth-order valence-corrected chi connectivity index (χ4v) is 6.91. The van der Waals surface area contributed by atoms with Crippen LogP contribution >= 0.6 is 0 Å². The van der Waals surface area contributed by atoms with E-state index < -0.39 is 6.10 Å². The van der Waals surface area contributed by atoms with Crippen LogP contribution in [0, 0.1) is 0 Å². The second-order valence-electron chi connectivity index (χ2n) is 17.0. The van der Waals surface area contributed by atoms with Gasteiger partial charge in [0.2, 0.25) is 0 Å². The van der Waals surface area contributed by atoms with E-state index in [0.717, 1.165) is 109 Å². The number of esters is 3. The maximum absolute atomic E-state index is 12.8. The van der Waals surface area contributed by atoms with E-state index in [1.807, 2.05) is 0 Å². The molecule has 0 saturated carbocycles. The van der Waals surface area contributed by atoms with Crippen LogP contribution < -0.4 is 0 Å². The van der Waals surface area contributed by atoms with Crippen LogP contribution in [-0.4, -0.2) is 37.2 Å². The molecule has 0 unspecified atom stereocenters. The van der Waals surface area contributed by atoms with Gasteiger partial charge in [-0.2, -0.15) is 0 Å². The number of hydrogen-bond acceptors (Lipinski definition) is 6. The van der Waals surface area contributed by atoms with Gasteiger partial charge in [-0.25, -0.2) is 0 Å². The molecule has 0 radical (unpaired) electrons. The van der Waals surface area contributed by atoms with Crippen molar-refractivity contribution in [2.45, 2.75) is 245 Å². The monoisotopic (exact) mass is 877 g/mol. The zero-order valence-corrected chi connectivity index (χ0v) is 41.1. The molecule has 63 heavy (non-hydrogen) atoms. The van der Waals surface area contributed by atoms with Gasteiger partial charge >= 0.3 is 17.9 Å². The maximum Gasteiger partial charge on any atom is 0.306 e. The number of allylic oxidation sites excluding steroid dienone is 14. The molecule has 0 rings (SSSR count). The summed E-state index contributed by atoms with van der Waals surface area (Å²) >= 11 is 0. The van der Waals surface area contributed by atoms with E-state index in [-0.39, 0.29) is 31.1 Å². The first-order chi connectivity index (χ1) is 31.0. The third-order valence-electron chi connectivity index (χ3n) is 10.9. The molecule has 1 atom stereocenters. The predicted molar refractivity (Wildman–Crippen MR) is 270 cm³/mol. The van der Waals surface area contributed by atoms with E-state index in [1.165, 1.54) is 89.9 Å². The first-order valence-corrected chi connectivity index (χ1v) is 26.1. The Balaban J connectivity index is 4.44. The van der Waals surface area contributed by atoms with Crippen molar-refractivity contribution in [1.29, 1.82) is 0 Å². The smallest absolute Gasteiger partial charge is 0.306 e. The van der Waals surface area contributed by atoms with Gasteiger partial charge in [0.15, 0.2) is 6.10 Å². The molecule has 0 aromatic rings. The second-order valence-corrected chi connectivity index (χ2v) is 17.0. The molecule has 6 heteroatoms. The Hall–Kier alpha value is -3.41. The van der Waals surface area contributed by atoms with Crippen LogP contribution in [0.1, 0.15) is 239 Å². The van der Waals surface area contributed by atoms with Crippen LogP contribution in [0.5, 0.6) is 0 Å². The SMILES string of the molecule is CC/C=C\C/C=C\C/C=C\C/C=C\C/C=C\CCCCCC(=O)OC[C@H](COC(=O)CCCCCCC/C=C\CCCC)OC(=O)CCCCCCCCC/C=C\CCCCCC. The van der Waals surface area contributed by atoms with Crippen molar-refractivity contribution in [3.8, 4) is 0 Å². The highest BCUT2D eigenvalue weighted by molar-refractivity contribution is 5.71. The van der Waals surface area contributed by atoms with E-state index >= 15 is 0 Å². The lowest BCUT2D eigenvalue weighted by molar-refractivity contribution is -0.167. The molecule has 360 valence electrons. The summed E-state index contributed by atoms with van der Waals surface area (Å²) in [5, 5.41) is 0. The van der Waals surface area contributed by atoms with E-state index in [2.05, 4.69) is 106 Å². The minimum atomic E-state index is -0.795. The molecular weight excluding hydrogens is 781 g/mol. The zero-order chi connectivity index (χ0) is 45.8. The number of rotatable bonds is 46. The fourth-order valence-electron chi connectivity index (χ4n) is 6.91. The minimum Gasteiger partial charge on any atom is -0.462 e. The van der Waals surface area contributed by atoms with Gasteiger partial charge in [-0.05, 0) is 109 Å². The molecule has 0 aromatic heterocycles. The summed E-state index contributed by atoms with van der Waals surface area (Å²) in [5.41, 5.74) is 0. The third-order valence-corrected chi connectivity index (χ3v) is 10.9. The highest BCUT2D eigenvalue weighted by atomic mass is 16.6. The van der Waals surface area contributed by atoms with Crippen molar-refractivity contribution in [1.82, 2.24) is 0 Å². The zero-order valence-electron chi connectivity index (χ0n) is 41.1. The van der Waals surface area contributed by atoms with Gasteiger partial charge in [0.25, 0.3) is 0 Å². The Bertz CT molecular complexity index is 1240. The number of carbonyl (C=O) groups excluding carboxylic acids is 3. The van der Waals surface area contributed by atoms with Crippen molar-refractivity contribution in [2.75, 3.05) is 13.2 Å². The summed E-state index contributed by atoms with van der Waals surface area (Å²) in [4.78, 5) is 38.0. The van der Waals surface area contributed by atoms with Crippen molar-refractivity contribution >= 4 is 17.9 Å². The second kappa shape index (κ2) is 51.2. The molecule has 0 aromatic carbocycles. The highest BCUT2D eigenvalue weighted by Gasteiger charge is 2.19. The van der Waals surface area contributed by atoms with Crippen molar-refractivity contribution in [3.63, 3.8) is 0 Å². The van der Waals surface area contributed by atoms with Crippen molar-refractivity contribution in [2.24, 2.45) is 0 Å². The lowest BCUT2D eigenvalue weighted by Crippen LogP contribution is -2.30. The van der Waals surface area contributed by atoms with Gasteiger partial charge in [-0.1, -0.05) is 196 Å².